The van der Waals surface area contributed by atoms with Gasteiger partial charge < -0.3 is 10.8 Å². The third-order valence-electron chi connectivity index (χ3n) is 2.50. The normalized spacial score (nSPS) is 12.4. The SMILES string of the molecule is NCCCC(Cc1ccc(Cl)cc1)C(=O)O. The largest absolute Gasteiger partial charge is 0.481 e. The van der Waals surface area contributed by atoms with Gasteiger partial charge in [0.25, 0.3) is 0 Å². The molecule has 1 aromatic carbocycles. The zero-order valence-electron chi connectivity index (χ0n) is 9.03. The van der Waals surface area contributed by atoms with Crippen molar-refractivity contribution in [2.75, 3.05) is 6.54 Å². The molecule has 0 aliphatic carbocycles. The summed E-state index contributed by atoms with van der Waals surface area (Å²) in [4.78, 5) is 11.0. The Morgan fingerprint density at radius 2 is 2.00 bits per heavy atom. The van der Waals surface area contributed by atoms with Gasteiger partial charge >= 0.3 is 5.97 Å². The molecule has 0 aliphatic rings. The monoisotopic (exact) mass is 241 g/mol. The molecule has 0 saturated heterocycles. The lowest BCUT2D eigenvalue weighted by Gasteiger charge is -2.11. The topological polar surface area (TPSA) is 63.3 Å². The Hall–Kier alpha value is -1.06. The summed E-state index contributed by atoms with van der Waals surface area (Å²) in [5.41, 5.74) is 6.37. The van der Waals surface area contributed by atoms with Crippen LogP contribution < -0.4 is 5.73 Å². The average Bonchev–Trinajstić information content (AvgIpc) is 2.26. The summed E-state index contributed by atoms with van der Waals surface area (Å²) < 4.78 is 0. The summed E-state index contributed by atoms with van der Waals surface area (Å²) >= 11 is 5.76. The molecule has 4 heteroatoms. The van der Waals surface area contributed by atoms with E-state index >= 15 is 0 Å². The van der Waals surface area contributed by atoms with E-state index in [4.69, 9.17) is 22.4 Å². The van der Waals surface area contributed by atoms with Crippen LogP contribution in [-0.2, 0) is 11.2 Å². The number of aliphatic carboxylic acids is 1. The minimum Gasteiger partial charge on any atom is -0.481 e. The van der Waals surface area contributed by atoms with Gasteiger partial charge in [-0.2, -0.15) is 0 Å². The Bertz CT molecular complexity index is 337. The minimum absolute atomic E-state index is 0.357. The van der Waals surface area contributed by atoms with Crippen molar-refractivity contribution >= 4 is 17.6 Å². The minimum atomic E-state index is -0.761. The summed E-state index contributed by atoms with van der Waals surface area (Å²) in [6, 6.07) is 7.28. The van der Waals surface area contributed by atoms with Gasteiger partial charge in [-0.25, -0.2) is 0 Å². The Kier molecular flexibility index (Phi) is 5.29. The van der Waals surface area contributed by atoms with Crippen LogP contribution in [0.3, 0.4) is 0 Å². The molecule has 0 amide bonds. The number of hydrogen-bond donors (Lipinski definition) is 2. The summed E-state index contributed by atoms with van der Waals surface area (Å²) in [7, 11) is 0. The van der Waals surface area contributed by atoms with Crippen molar-refractivity contribution in [3.8, 4) is 0 Å². The molecule has 16 heavy (non-hydrogen) atoms. The highest BCUT2D eigenvalue weighted by molar-refractivity contribution is 6.30. The predicted octanol–water partition coefficient (Wildman–Crippen LogP) is 2.32. The molecule has 0 radical (unpaired) electrons. The Morgan fingerprint density at radius 1 is 1.38 bits per heavy atom. The van der Waals surface area contributed by atoms with E-state index in [9.17, 15) is 4.79 Å². The van der Waals surface area contributed by atoms with E-state index < -0.39 is 5.97 Å². The molecular weight excluding hydrogens is 226 g/mol. The first-order valence-electron chi connectivity index (χ1n) is 5.31. The van der Waals surface area contributed by atoms with Gasteiger partial charge in [0.05, 0.1) is 5.92 Å². The van der Waals surface area contributed by atoms with Gasteiger partial charge in [0.2, 0.25) is 0 Å². The average molecular weight is 242 g/mol. The molecule has 0 spiro atoms. The van der Waals surface area contributed by atoms with Gasteiger partial charge in [-0.05, 0) is 43.5 Å². The summed E-state index contributed by atoms with van der Waals surface area (Å²) in [5, 5.41) is 9.71. The third kappa shape index (κ3) is 4.21. The van der Waals surface area contributed by atoms with Crippen LogP contribution in [0.1, 0.15) is 18.4 Å². The van der Waals surface area contributed by atoms with Gasteiger partial charge in [0.15, 0.2) is 0 Å². The van der Waals surface area contributed by atoms with Crippen LogP contribution >= 0.6 is 11.6 Å². The lowest BCUT2D eigenvalue weighted by atomic mass is 9.95. The maximum absolute atomic E-state index is 11.0. The molecule has 0 aromatic heterocycles. The van der Waals surface area contributed by atoms with Crippen molar-refractivity contribution in [2.45, 2.75) is 19.3 Å². The highest BCUT2D eigenvalue weighted by atomic mass is 35.5. The first-order chi connectivity index (χ1) is 7.63. The zero-order valence-corrected chi connectivity index (χ0v) is 9.78. The first-order valence-corrected chi connectivity index (χ1v) is 5.68. The van der Waals surface area contributed by atoms with E-state index in [0.29, 0.717) is 24.4 Å². The fourth-order valence-corrected chi connectivity index (χ4v) is 1.71. The van der Waals surface area contributed by atoms with Crippen molar-refractivity contribution in [2.24, 2.45) is 11.7 Å². The van der Waals surface area contributed by atoms with Crippen LogP contribution in [0.4, 0.5) is 0 Å². The number of carbonyl (C=O) groups is 1. The Morgan fingerprint density at radius 3 is 2.50 bits per heavy atom. The molecule has 1 rings (SSSR count). The van der Waals surface area contributed by atoms with Gasteiger partial charge in [0, 0.05) is 5.02 Å². The predicted molar refractivity (Wildman–Crippen MR) is 64.6 cm³/mol. The van der Waals surface area contributed by atoms with E-state index in [0.717, 1.165) is 12.0 Å². The number of carboxylic acid groups (broad SMARTS) is 1. The maximum atomic E-state index is 11.0. The van der Waals surface area contributed by atoms with Crippen LogP contribution in [0.25, 0.3) is 0 Å². The number of hydrogen-bond acceptors (Lipinski definition) is 2. The molecule has 88 valence electrons. The molecule has 3 nitrogen and oxygen atoms in total. The van der Waals surface area contributed by atoms with Crippen molar-refractivity contribution in [1.29, 1.82) is 0 Å². The zero-order chi connectivity index (χ0) is 12.0. The first kappa shape index (κ1) is 13.0. The highest BCUT2D eigenvalue weighted by Gasteiger charge is 2.17. The van der Waals surface area contributed by atoms with Crippen LogP contribution in [0.2, 0.25) is 5.02 Å². The maximum Gasteiger partial charge on any atom is 0.306 e. The Balaban J connectivity index is 2.60. The number of halogens is 1. The molecule has 0 fully saturated rings. The molecule has 0 aliphatic heterocycles. The van der Waals surface area contributed by atoms with Crippen molar-refractivity contribution in [3.05, 3.63) is 34.9 Å². The third-order valence-corrected chi connectivity index (χ3v) is 2.75. The van der Waals surface area contributed by atoms with E-state index in [1.54, 1.807) is 12.1 Å². The van der Waals surface area contributed by atoms with E-state index in [-0.39, 0.29) is 5.92 Å². The van der Waals surface area contributed by atoms with Crippen molar-refractivity contribution in [1.82, 2.24) is 0 Å². The van der Waals surface area contributed by atoms with Gasteiger partial charge in [-0.3, -0.25) is 4.79 Å². The highest BCUT2D eigenvalue weighted by Crippen LogP contribution is 2.16. The second-order valence-electron chi connectivity index (χ2n) is 3.80. The summed E-state index contributed by atoms with van der Waals surface area (Å²) in [6.45, 7) is 0.532. The van der Waals surface area contributed by atoms with Crippen molar-refractivity contribution in [3.63, 3.8) is 0 Å². The molecule has 3 N–H and O–H groups in total. The van der Waals surface area contributed by atoms with E-state index in [1.165, 1.54) is 0 Å². The second-order valence-corrected chi connectivity index (χ2v) is 4.23. The number of nitrogens with two attached hydrogens (primary N) is 1. The fraction of sp³-hybridized carbons (Fsp3) is 0.417. The Labute approximate surface area is 100 Å². The number of rotatable bonds is 6. The lowest BCUT2D eigenvalue weighted by molar-refractivity contribution is -0.141. The smallest absolute Gasteiger partial charge is 0.306 e. The van der Waals surface area contributed by atoms with E-state index in [2.05, 4.69) is 0 Å². The summed E-state index contributed by atoms with van der Waals surface area (Å²) in [5.74, 6) is -1.12. The molecule has 0 bridgehead atoms. The number of carboxylic acids is 1. The quantitative estimate of drug-likeness (QED) is 0.804. The molecule has 0 saturated carbocycles. The molecule has 1 unspecified atom stereocenters. The van der Waals surface area contributed by atoms with Gasteiger partial charge in [-0.15, -0.1) is 0 Å². The standard InChI is InChI=1S/C12H16ClNO2/c13-11-5-3-9(4-6-11)8-10(12(15)16)2-1-7-14/h3-6,10H,1-2,7-8,14H2,(H,15,16). The van der Waals surface area contributed by atoms with Gasteiger partial charge in [0.1, 0.15) is 0 Å². The molecular formula is C12H16ClNO2. The van der Waals surface area contributed by atoms with Crippen LogP contribution in [0.15, 0.2) is 24.3 Å². The van der Waals surface area contributed by atoms with Crippen molar-refractivity contribution < 1.29 is 9.90 Å². The van der Waals surface area contributed by atoms with E-state index in [1.807, 2.05) is 12.1 Å². The van der Waals surface area contributed by atoms with Crippen LogP contribution in [0.5, 0.6) is 0 Å². The molecule has 0 heterocycles. The fourth-order valence-electron chi connectivity index (χ4n) is 1.58. The lowest BCUT2D eigenvalue weighted by Crippen LogP contribution is -2.17. The van der Waals surface area contributed by atoms with Gasteiger partial charge in [-0.1, -0.05) is 23.7 Å². The molecule has 1 atom stereocenters. The molecule has 1 aromatic rings. The van der Waals surface area contributed by atoms with Crippen LogP contribution in [0, 0.1) is 5.92 Å². The van der Waals surface area contributed by atoms with Crippen LogP contribution in [-0.4, -0.2) is 17.6 Å². The second kappa shape index (κ2) is 6.51. The summed E-state index contributed by atoms with van der Waals surface area (Å²) in [6.07, 6.45) is 1.89. The number of benzene rings is 1.